The molecule has 0 saturated heterocycles. The predicted molar refractivity (Wildman–Crippen MR) is 156 cm³/mol. The van der Waals surface area contributed by atoms with E-state index in [0.29, 0.717) is 51.9 Å². The Morgan fingerprint density at radius 2 is 1.85 bits per heavy atom. The van der Waals surface area contributed by atoms with Crippen LogP contribution >= 0.6 is 0 Å². The van der Waals surface area contributed by atoms with E-state index in [1.165, 1.54) is 12.4 Å². The lowest BCUT2D eigenvalue weighted by molar-refractivity contribution is 0.0565. The molecule has 11 heteroatoms. The number of methoxy groups -OCH3 is 1. The number of benzene rings is 1. The summed E-state index contributed by atoms with van der Waals surface area (Å²) >= 11 is 0. The first-order chi connectivity index (χ1) is 19.7. The molecule has 0 unspecified atom stereocenters. The molecule has 216 valence electrons. The van der Waals surface area contributed by atoms with Crippen molar-refractivity contribution in [3.8, 4) is 22.9 Å². The van der Waals surface area contributed by atoms with Crippen molar-refractivity contribution in [1.82, 2.24) is 19.7 Å². The third kappa shape index (κ3) is 7.16. The van der Waals surface area contributed by atoms with Gasteiger partial charge in [0, 0.05) is 37.1 Å². The highest BCUT2D eigenvalue weighted by Crippen LogP contribution is 2.38. The summed E-state index contributed by atoms with van der Waals surface area (Å²) in [6.07, 6.45) is 4.45. The molecule has 0 saturated carbocycles. The first-order valence-corrected chi connectivity index (χ1v) is 13.3. The zero-order valence-electron chi connectivity index (χ0n) is 23.9. The summed E-state index contributed by atoms with van der Waals surface area (Å²) in [6, 6.07) is 13.3. The van der Waals surface area contributed by atoms with Gasteiger partial charge in [0.25, 0.3) is 0 Å². The Hall–Kier alpha value is -4.54. The van der Waals surface area contributed by atoms with E-state index >= 15 is 0 Å². The van der Waals surface area contributed by atoms with E-state index in [2.05, 4.69) is 20.3 Å². The average molecular weight is 564 g/mol. The Kier molecular flexibility index (Phi) is 9.49. The molecule has 1 aromatic carbocycles. The van der Waals surface area contributed by atoms with Crippen LogP contribution in [0.2, 0.25) is 0 Å². The number of nitrogens with zero attached hydrogens (tertiary/aromatic N) is 5. The lowest BCUT2D eigenvalue weighted by Crippen LogP contribution is -2.26. The van der Waals surface area contributed by atoms with Gasteiger partial charge in [-0.3, -0.25) is 0 Å². The highest BCUT2D eigenvalue weighted by atomic mass is 19.3. The van der Waals surface area contributed by atoms with E-state index in [4.69, 9.17) is 19.9 Å². The maximum Gasteiger partial charge on any atom is 0.333 e. The second kappa shape index (κ2) is 13.2. The summed E-state index contributed by atoms with van der Waals surface area (Å²) in [5.74, 6) is 1.17. The summed E-state index contributed by atoms with van der Waals surface area (Å²) in [7, 11) is 1.61. The molecule has 0 aliphatic heterocycles. The topological polar surface area (TPSA) is 101 Å². The number of pyridine rings is 2. The van der Waals surface area contributed by atoms with Crippen LogP contribution in [-0.4, -0.2) is 45.2 Å². The normalized spacial score (nSPS) is 11.1. The molecule has 4 aromatic rings. The Bertz CT molecular complexity index is 1470. The monoisotopic (exact) mass is 563 g/mol. The van der Waals surface area contributed by atoms with Crippen molar-refractivity contribution in [2.45, 2.75) is 53.4 Å². The summed E-state index contributed by atoms with van der Waals surface area (Å²) in [5, 5.41) is 15.9. The summed E-state index contributed by atoms with van der Waals surface area (Å²) in [4.78, 5) is 11.3. The molecule has 41 heavy (non-hydrogen) atoms. The number of hydrogen-bond acceptors (Lipinski definition) is 8. The van der Waals surface area contributed by atoms with Gasteiger partial charge >= 0.3 is 6.55 Å². The van der Waals surface area contributed by atoms with Crippen molar-refractivity contribution in [1.29, 1.82) is 5.41 Å². The first-order valence-electron chi connectivity index (χ1n) is 13.3. The average Bonchev–Trinajstić information content (AvgIpc) is 3.42. The minimum Gasteiger partial charge on any atom is -0.497 e. The van der Waals surface area contributed by atoms with E-state index < -0.39 is 6.55 Å². The van der Waals surface area contributed by atoms with Crippen LogP contribution in [0.25, 0.3) is 11.3 Å². The molecule has 2 N–H and O–H groups in total. The molecule has 4 rings (SSSR count). The first kappa shape index (κ1) is 29.4. The summed E-state index contributed by atoms with van der Waals surface area (Å²) in [6.45, 7) is 5.99. The van der Waals surface area contributed by atoms with Crippen molar-refractivity contribution in [2.75, 3.05) is 23.9 Å². The summed E-state index contributed by atoms with van der Waals surface area (Å²) in [5.41, 5.74) is 5.01. The lowest BCUT2D eigenvalue weighted by Gasteiger charge is -2.30. The van der Waals surface area contributed by atoms with Gasteiger partial charge in [0.1, 0.15) is 11.4 Å². The van der Waals surface area contributed by atoms with Gasteiger partial charge in [-0.1, -0.05) is 12.1 Å². The van der Waals surface area contributed by atoms with Crippen LogP contribution in [0, 0.1) is 5.41 Å². The molecule has 0 aliphatic rings. The van der Waals surface area contributed by atoms with Crippen molar-refractivity contribution in [3.05, 3.63) is 77.9 Å². The molecular formula is C30H35F2N7O2. The minimum absolute atomic E-state index is 0.0290. The van der Waals surface area contributed by atoms with E-state index in [1.807, 2.05) is 63.2 Å². The largest absolute Gasteiger partial charge is 0.497 e. The summed E-state index contributed by atoms with van der Waals surface area (Å²) < 4.78 is 38.5. The quantitative estimate of drug-likeness (QED) is 0.178. The van der Waals surface area contributed by atoms with Crippen LogP contribution in [0.1, 0.15) is 51.1 Å². The fourth-order valence-electron chi connectivity index (χ4n) is 4.42. The van der Waals surface area contributed by atoms with Gasteiger partial charge in [-0.05, 0) is 63.6 Å². The molecule has 0 spiro atoms. The number of halogens is 2. The van der Waals surface area contributed by atoms with Gasteiger partial charge in [0.05, 0.1) is 48.3 Å². The molecule has 0 atom stereocenters. The van der Waals surface area contributed by atoms with Crippen LogP contribution in [-0.2, 0) is 13.1 Å². The smallest absolute Gasteiger partial charge is 0.333 e. The van der Waals surface area contributed by atoms with E-state index in [1.54, 1.807) is 20.2 Å². The molecular weight excluding hydrogens is 528 g/mol. The van der Waals surface area contributed by atoms with Gasteiger partial charge in [-0.15, -0.1) is 0 Å². The van der Waals surface area contributed by atoms with Crippen molar-refractivity contribution < 1.29 is 18.3 Å². The number of aromatic nitrogens is 4. The van der Waals surface area contributed by atoms with Crippen LogP contribution in [0.3, 0.4) is 0 Å². The minimum atomic E-state index is -2.74. The molecule has 0 aliphatic carbocycles. The van der Waals surface area contributed by atoms with E-state index in [0.717, 1.165) is 17.0 Å². The zero-order chi connectivity index (χ0) is 29.5. The van der Waals surface area contributed by atoms with Crippen LogP contribution in [0.15, 0.2) is 61.1 Å². The predicted octanol–water partition coefficient (Wildman–Crippen LogP) is 6.56. The SMILES string of the molecule is CCOc1ncccc1-c1cc(N(Cc2ccc(OC)cc2)Cc2cnn(C(F)F)c2)c(NC(C)C)c(C(C)=N)n1. The fraction of sp³-hybridized carbons (Fsp3) is 0.333. The van der Waals surface area contributed by atoms with E-state index in [9.17, 15) is 8.78 Å². The molecule has 3 heterocycles. The molecule has 9 nitrogen and oxygen atoms in total. The number of anilines is 2. The number of ether oxygens (including phenoxy) is 2. The van der Waals surface area contributed by atoms with Gasteiger partial charge in [0.15, 0.2) is 0 Å². The molecule has 0 fully saturated rings. The molecule has 0 bridgehead atoms. The van der Waals surface area contributed by atoms with Crippen LogP contribution < -0.4 is 19.7 Å². The molecule has 0 radical (unpaired) electrons. The van der Waals surface area contributed by atoms with Gasteiger partial charge in [-0.2, -0.15) is 13.9 Å². The maximum atomic E-state index is 13.4. The number of alkyl halides is 2. The van der Waals surface area contributed by atoms with Crippen LogP contribution in [0.4, 0.5) is 20.2 Å². The van der Waals surface area contributed by atoms with Gasteiger partial charge < -0.3 is 25.1 Å². The zero-order valence-corrected chi connectivity index (χ0v) is 23.9. The highest BCUT2D eigenvalue weighted by molar-refractivity contribution is 6.03. The van der Waals surface area contributed by atoms with Crippen molar-refractivity contribution in [2.24, 2.45) is 0 Å². The Morgan fingerprint density at radius 1 is 1.12 bits per heavy atom. The maximum absolute atomic E-state index is 13.4. The fourth-order valence-corrected chi connectivity index (χ4v) is 4.42. The Labute approximate surface area is 238 Å². The molecule has 3 aromatic heterocycles. The Morgan fingerprint density at radius 3 is 2.46 bits per heavy atom. The van der Waals surface area contributed by atoms with Crippen LogP contribution in [0.5, 0.6) is 11.6 Å². The highest BCUT2D eigenvalue weighted by Gasteiger charge is 2.23. The number of nitrogens with one attached hydrogen (secondary N) is 2. The second-order valence-electron chi connectivity index (χ2n) is 9.77. The van der Waals surface area contributed by atoms with Crippen molar-refractivity contribution >= 4 is 17.1 Å². The van der Waals surface area contributed by atoms with Crippen molar-refractivity contribution in [3.63, 3.8) is 0 Å². The standard InChI is InChI=1S/C30H35F2N7O2/c1-6-41-29-24(8-7-13-34-29)25-14-26(28(36-19(2)3)27(37-25)20(4)33)38(16-21-9-11-23(40-5)12-10-21)17-22-15-35-39(18-22)30(31)32/h7-15,18-19,30,33,36H,6,16-17H2,1-5H3. The Balaban J connectivity index is 1.92. The van der Waals surface area contributed by atoms with E-state index in [-0.39, 0.29) is 18.3 Å². The van der Waals surface area contributed by atoms with Gasteiger partial charge in [-0.25, -0.2) is 14.6 Å². The number of rotatable bonds is 13. The van der Waals surface area contributed by atoms with Gasteiger partial charge in [0.2, 0.25) is 5.88 Å². The second-order valence-corrected chi connectivity index (χ2v) is 9.77. The third-order valence-corrected chi connectivity index (χ3v) is 6.22. The lowest BCUT2D eigenvalue weighted by atomic mass is 10.1. The number of hydrogen-bond donors (Lipinski definition) is 2. The third-order valence-electron chi connectivity index (χ3n) is 6.22. The molecule has 0 amide bonds.